The summed E-state index contributed by atoms with van der Waals surface area (Å²) in [7, 11) is 0. The molecule has 0 aromatic carbocycles. The number of hydrogen-bond acceptors (Lipinski definition) is 5. The molecule has 2 amide bonds. The molecular weight excluding hydrogens is 322 g/mol. The monoisotopic (exact) mass is 341 g/mol. The van der Waals surface area contributed by atoms with Crippen LogP contribution < -0.4 is 4.90 Å². The van der Waals surface area contributed by atoms with Crippen molar-refractivity contribution in [3.63, 3.8) is 0 Å². The number of nitrogens with zero attached hydrogens (tertiary/aromatic N) is 5. The van der Waals surface area contributed by atoms with E-state index in [-0.39, 0.29) is 16.7 Å². The number of carbonyl (C=O) groups excluding carboxylic acids is 1. The largest absolute Gasteiger partial charge is 0.352 e. The molecule has 0 aliphatic carbocycles. The highest BCUT2D eigenvalue weighted by Gasteiger charge is 2.26. The third-order valence-electron chi connectivity index (χ3n) is 3.90. The minimum absolute atomic E-state index is 0.0393. The standard InChI is InChI=1S/C14H20ClN5O3/c1-3-17(4-2)14(21)19-7-5-18(6-8-19)13-12(15)9-11(10-16-13)20(22)23/h9-10H,3-8H2,1-2H3. The number of carbonyl (C=O) groups is 1. The number of nitro groups is 1. The van der Waals surface area contributed by atoms with Crippen molar-refractivity contribution in [3.8, 4) is 0 Å². The molecule has 0 atom stereocenters. The fourth-order valence-electron chi connectivity index (χ4n) is 2.56. The lowest BCUT2D eigenvalue weighted by Crippen LogP contribution is -2.53. The molecule has 0 N–H and O–H groups in total. The summed E-state index contributed by atoms with van der Waals surface area (Å²) in [6, 6.07) is 1.34. The Kier molecular flexibility index (Phi) is 5.59. The number of aromatic nitrogens is 1. The van der Waals surface area contributed by atoms with E-state index in [0.29, 0.717) is 45.1 Å². The summed E-state index contributed by atoms with van der Waals surface area (Å²) in [5.41, 5.74) is -0.130. The van der Waals surface area contributed by atoms with E-state index in [4.69, 9.17) is 11.6 Å². The van der Waals surface area contributed by atoms with Crippen LogP contribution in [0, 0.1) is 10.1 Å². The zero-order valence-corrected chi connectivity index (χ0v) is 14.0. The van der Waals surface area contributed by atoms with Gasteiger partial charge in [0.05, 0.1) is 9.95 Å². The Morgan fingerprint density at radius 2 is 1.96 bits per heavy atom. The van der Waals surface area contributed by atoms with E-state index in [1.165, 1.54) is 12.3 Å². The van der Waals surface area contributed by atoms with Crippen LogP contribution in [0.3, 0.4) is 0 Å². The predicted molar refractivity (Wildman–Crippen MR) is 88.0 cm³/mol. The van der Waals surface area contributed by atoms with Gasteiger partial charge in [-0.25, -0.2) is 9.78 Å². The van der Waals surface area contributed by atoms with Gasteiger partial charge in [0.15, 0.2) is 0 Å². The summed E-state index contributed by atoms with van der Waals surface area (Å²) in [4.78, 5) is 32.1. The van der Waals surface area contributed by atoms with Gasteiger partial charge < -0.3 is 14.7 Å². The molecule has 1 aliphatic heterocycles. The van der Waals surface area contributed by atoms with Crippen molar-refractivity contribution in [1.29, 1.82) is 0 Å². The van der Waals surface area contributed by atoms with Gasteiger partial charge in [-0.1, -0.05) is 11.6 Å². The normalized spacial score (nSPS) is 14.7. The van der Waals surface area contributed by atoms with Crippen molar-refractivity contribution < 1.29 is 9.72 Å². The van der Waals surface area contributed by atoms with Crippen LogP contribution in [0.4, 0.5) is 16.3 Å². The highest BCUT2D eigenvalue weighted by Crippen LogP contribution is 2.27. The Balaban J connectivity index is 2.02. The highest BCUT2D eigenvalue weighted by atomic mass is 35.5. The topological polar surface area (TPSA) is 82.8 Å². The molecule has 1 aromatic rings. The lowest BCUT2D eigenvalue weighted by molar-refractivity contribution is -0.385. The van der Waals surface area contributed by atoms with Crippen LogP contribution in [-0.2, 0) is 0 Å². The van der Waals surface area contributed by atoms with Gasteiger partial charge in [0.1, 0.15) is 12.0 Å². The first kappa shape index (κ1) is 17.3. The van der Waals surface area contributed by atoms with Crippen LogP contribution in [0.5, 0.6) is 0 Å². The molecule has 0 unspecified atom stereocenters. The van der Waals surface area contributed by atoms with Crippen LogP contribution >= 0.6 is 11.6 Å². The van der Waals surface area contributed by atoms with Crippen molar-refractivity contribution in [2.24, 2.45) is 0 Å². The van der Waals surface area contributed by atoms with Gasteiger partial charge in [-0.15, -0.1) is 0 Å². The second-order valence-electron chi connectivity index (χ2n) is 5.19. The molecule has 0 spiro atoms. The molecular formula is C14H20ClN5O3. The average molecular weight is 342 g/mol. The molecule has 8 nitrogen and oxygen atoms in total. The highest BCUT2D eigenvalue weighted by molar-refractivity contribution is 6.33. The number of piperazine rings is 1. The van der Waals surface area contributed by atoms with E-state index in [1.807, 2.05) is 23.6 Å². The van der Waals surface area contributed by atoms with Crippen LogP contribution in [-0.4, -0.2) is 65.0 Å². The van der Waals surface area contributed by atoms with E-state index in [0.717, 1.165) is 0 Å². The third kappa shape index (κ3) is 3.82. The molecule has 1 aromatic heterocycles. The van der Waals surface area contributed by atoms with Gasteiger partial charge in [-0.3, -0.25) is 10.1 Å². The molecule has 126 valence electrons. The van der Waals surface area contributed by atoms with E-state index in [2.05, 4.69) is 4.98 Å². The molecule has 1 fully saturated rings. The number of rotatable bonds is 4. The van der Waals surface area contributed by atoms with Gasteiger partial charge >= 0.3 is 6.03 Å². The molecule has 9 heteroatoms. The third-order valence-corrected chi connectivity index (χ3v) is 4.18. The summed E-state index contributed by atoms with van der Waals surface area (Å²) in [6.07, 6.45) is 1.20. The molecule has 2 heterocycles. The number of pyridine rings is 1. The Bertz CT molecular complexity index is 586. The second kappa shape index (κ2) is 7.45. The molecule has 0 radical (unpaired) electrons. The smallest absolute Gasteiger partial charge is 0.320 e. The SMILES string of the molecule is CCN(CC)C(=O)N1CCN(c2ncc([N+](=O)[O-])cc2Cl)CC1. The van der Waals surface area contributed by atoms with Gasteiger partial charge in [0.2, 0.25) is 0 Å². The predicted octanol–water partition coefficient (Wildman–Crippen LogP) is 2.23. The zero-order chi connectivity index (χ0) is 17.0. The quantitative estimate of drug-likeness (QED) is 0.619. The van der Waals surface area contributed by atoms with Gasteiger partial charge in [-0.05, 0) is 13.8 Å². The molecule has 2 rings (SSSR count). The second-order valence-corrected chi connectivity index (χ2v) is 5.59. The molecule has 0 bridgehead atoms. The molecule has 1 aliphatic rings. The lowest BCUT2D eigenvalue weighted by Gasteiger charge is -2.37. The van der Waals surface area contributed by atoms with Crippen molar-refractivity contribution in [1.82, 2.24) is 14.8 Å². The maximum absolute atomic E-state index is 12.3. The van der Waals surface area contributed by atoms with Crippen LogP contribution in [0.25, 0.3) is 0 Å². The molecule has 23 heavy (non-hydrogen) atoms. The van der Waals surface area contributed by atoms with E-state index >= 15 is 0 Å². The Labute approximate surface area is 139 Å². The minimum Gasteiger partial charge on any atom is -0.352 e. The number of amides is 2. The summed E-state index contributed by atoms with van der Waals surface area (Å²) >= 11 is 6.10. The number of hydrogen-bond donors (Lipinski definition) is 0. The van der Waals surface area contributed by atoms with Crippen molar-refractivity contribution in [2.75, 3.05) is 44.2 Å². The molecule has 1 saturated heterocycles. The van der Waals surface area contributed by atoms with E-state index < -0.39 is 4.92 Å². The number of anilines is 1. The first-order valence-corrected chi connectivity index (χ1v) is 7.94. The van der Waals surface area contributed by atoms with Crippen molar-refractivity contribution in [3.05, 3.63) is 27.4 Å². The summed E-state index contributed by atoms with van der Waals surface area (Å²) < 4.78 is 0. The van der Waals surface area contributed by atoms with Crippen LogP contribution in [0.1, 0.15) is 13.8 Å². The van der Waals surface area contributed by atoms with Crippen LogP contribution in [0.15, 0.2) is 12.3 Å². The van der Waals surface area contributed by atoms with Crippen molar-refractivity contribution in [2.45, 2.75) is 13.8 Å². The van der Waals surface area contributed by atoms with Gasteiger partial charge in [0.25, 0.3) is 5.69 Å². The first-order chi connectivity index (χ1) is 11.0. The fourth-order valence-corrected chi connectivity index (χ4v) is 2.84. The fraction of sp³-hybridized carbons (Fsp3) is 0.571. The Morgan fingerprint density at radius 1 is 1.35 bits per heavy atom. The Morgan fingerprint density at radius 3 is 2.43 bits per heavy atom. The summed E-state index contributed by atoms with van der Waals surface area (Å²) in [5, 5.41) is 11.0. The Hall–Kier alpha value is -2.09. The van der Waals surface area contributed by atoms with E-state index in [1.54, 1.807) is 4.90 Å². The lowest BCUT2D eigenvalue weighted by atomic mass is 10.3. The average Bonchev–Trinajstić information content (AvgIpc) is 2.56. The van der Waals surface area contributed by atoms with E-state index in [9.17, 15) is 14.9 Å². The summed E-state index contributed by atoms with van der Waals surface area (Å²) in [6.45, 7) is 7.62. The maximum atomic E-state index is 12.3. The van der Waals surface area contributed by atoms with Crippen LogP contribution in [0.2, 0.25) is 5.02 Å². The van der Waals surface area contributed by atoms with Gasteiger partial charge in [-0.2, -0.15) is 0 Å². The maximum Gasteiger partial charge on any atom is 0.320 e. The van der Waals surface area contributed by atoms with Gasteiger partial charge in [0, 0.05) is 45.3 Å². The van der Waals surface area contributed by atoms with Crippen molar-refractivity contribution >= 4 is 29.1 Å². The summed E-state index contributed by atoms with van der Waals surface area (Å²) in [5.74, 6) is 0.521. The molecule has 0 saturated carbocycles. The zero-order valence-electron chi connectivity index (χ0n) is 13.2. The minimum atomic E-state index is -0.524. The number of halogens is 1. The number of urea groups is 1. The first-order valence-electron chi connectivity index (χ1n) is 7.56.